The van der Waals surface area contributed by atoms with E-state index in [9.17, 15) is 4.79 Å². The van der Waals surface area contributed by atoms with Crippen molar-refractivity contribution in [1.82, 2.24) is 0 Å². The molecule has 0 aromatic carbocycles. The lowest BCUT2D eigenvalue weighted by molar-refractivity contribution is -0.141. The molecule has 82 valence electrons. The Morgan fingerprint density at radius 1 is 1.50 bits per heavy atom. The van der Waals surface area contributed by atoms with Crippen molar-refractivity contribution < 1.29 is 9.90 Å². The lowest BCUT2D eigenvalue weighted by Gasteiger charge is -2.22. The van der Waals surface area contributed by atoms with E-state index in [1.54, 1.807) is 20.8 Å². The van der Waals surface area contributed by atoms with Crippen LogP contribution in [0.25, 0.3) is 0 Å². The molecular formula is C11H21NO2. The molecule has 0 heterocycles. The molecule has 3 nitrogen and oxygen atoms in total. The fourth-order valence-electron chi connectivity index (χ4n) is 0.797. The van der Waals surface area contributed by atoms with Crippen LogP contribution in [0.2, 0.25) is 0 Å². The molecule has 1 rings (SSSR count). The zero-order valence-electron chi connectivity index (χ0n) is 9.34. The molecule has 3 heteroatoms. The van der Waals surface area contributed by atoms with E-state index in [4.69, 9.17) is 10.8 Å². The Labute approximate surface area is 86.0 Å². The summed E-state index contributed by atoms with van der Waals surface area (Å²) >= 11 is 0. The summed E-state index contributed by atoms with van der Waals surface area (Å²) < 4.78 is 0. The van der Waals surface area contributed by atoms with Crippen molar-refractivity contribution >= 4 is 5.97 Å². The van der Waals surface area contributed by atoms with E-state index in [1.807, 2.05) is 0 Å². The minimum absolute atomic E-state index is 0.341. The summed E-state index contributed by atoms with van der Waals surface area (Å²) in [5.74, 6) is -0.942. The average Bonchev–Trinajstić information content (AvgIpc) is 1.98. The molecule has 0 aromatic rings. The first kappa shape index (κ1) is 13.2. The molecule has 0 bridgehead atoms. The highest BCUT2D eigenvalue weighted by molar-refractivity contribution is 5.74. The van der Waals surface area contributed by atoms with Crippen LogP contribution in [0.3, 0.4) is 0 Å². The molecule has 1 saturated carbocycles. The standard InChI is InChI=1S/C6H13NO2.C5H8/c1-6(2,3)4(7)5(8)9;1-5-3-2-4-5/h4H,7H2,1-3H3,(H,8,9);1-4H2. The third kappa shape index (κ3) is 5.02. The number of rotatable bonds is 1. The third-order valence-electron chi connectivity index (χ3n) is 2.26. The molecule has 0 saturated heterocycles. The summed E-state index contributed by atoms with van der Waals surface area (Å²) in [4.78, 5) is 10.2. The van der Waals surface area contributed by atoms with E-state index >= 15 is 0 Å². The Kier molecular flexibility index (Phi) is 4.85. The Hall–Kier alpha value is -0.830. The van der Waals surface area contributed by atoms with Gasteiger partial charge in [-0.1, -0.05) is 32.9 Å². The van der Waals surface area contributed by atoms with E-state index in [-0.39, 0.29) is 5.41 Å². The van der Waals surface area contributed by atoms with Gasteiger partial charge in [-0.25, -0.2) is 0 Å². The molecule has 3 N–H and O–H groups in total. The highest BCUT2D eigenvalue weighted by atomic mass is 16.4. The number of carboxylic acids is 1. The summed E-state index contributed by atoms with van der Waals surface area (Å²) in [6, 6.07) is -0.766. The van der Waals surface area contributed by atoms with Gasteiger partial charge in [0.2, 0.25) is 0 Å². The van der Waals surface area contributed by atoms with Gasteiger partial charge in [0.05, 0.1) is 0 Å². The molecule has 1 aliphatic rings. The smallest absolute Gasteiger partial charge is 0.321 e. The van der Waals surface area contributed by atoms with Crippen LogP contribution in [0.5, 0.6) is 0 Å². The van der Waals surface area contributed by atoms with Crippen LogP contribution in [-0.4, -0.2) is 17.1 Å². The van der Waals surface area contributed by atoms with Crippen LogP contribution in [0, 0.1) is 5.41 Å². The fraction of sp³-hybridized carbons (Fsp3) is 0.727. The van der Waals surface area contributed by atoms with Gasteiger partial charge >= 0.3 is 5.97 Å². The highest BCUT2D eigenvalue weighted by Crippen LogP contribution is 2.21. The van der Waals surface area contributed by atoms with Gasteiger partial charge in [0.15, 0.2) is 0 Å². The van der Waals surface area contributed by atoms with Gasteiger partial charge in [0, 0.05) is 0 Å². The molecule has 0 aliphatic heterocycles. The van der Waals surface area contributed by atoms with Crippen LogP contribution in [0.1, 0.15) is 40.0 Å². The summed E-state index contributed by atoms with van der Waals surface area (Å²) in [5.41, 5.74) is 6.39. The first-order valence-corrected chi connectivity index (χ1v) is 4.90. The third-order valence-corrected chi connectivity index (χ3v) is 2.26. The molecule has 0 amide bonds. The minimum Gasteiger partial charge on any atom is -0.480 e. The maximum atomic E-state index is 10.2. The van der Waals surface area contributed by atoms with Gasteiger partial charge in [0.1, 0.15) is 6.04 Å². The first-order valence-electron chi connectivity index (χ1n) is 4.90. The molecule has 1 atom stereocenters. The van der Waals surface area contributed by atoms with Gasteiger partial charge in [-0.05, 0) is 24.7 Å². The zero-order valence-corrected chi connectivity index (χ0v) is 9.34. The van der Waals surface area contributed by atoms with Crippen molar-refractivity contribution in [1.29, 1.82) is 0 Å². The molecule has 1 aliphatic carbocycles. The van der Waals surface area contributed by atoms with Crippen molar-refractivity contribution in [2.75, 3.05) is 0 Å². The van der Waals surface area contributed by atoms with Gasteiger partial charge in [0.25, 0.3) is 0 Å². The number of nitrogens with two attached hydrogens (primary N) is 1. The monoisotopic (exact) mass is 199 g/mol. The normalized spacial score (nSPS) is 17.6. The quantitative estimate of drug-likeness (QED) is 0.636. The van der Waals surface area contributed by atoms with Crippen LogP contribution < -0.4 is 5.73 Å². The molecule has 14 heavy (non-hydrogen) atoms. The molecule has 0 radical (unpaired) electrons. The highest BCUT2D eigenvalue weighted by Gasteiger charge is 2.26. The number of hydrogen-bond donors (Lipinski definition) is 2. The molecule has 0 aromatic heterocycles. The summed E-state index contributed by atoms with van der Waals surface area (Å²) in [6.07, 6.45) is 3.97. The average molecular weight is 199 g/mol. The van der Waals surface area contributed by atoms with Crippen molar-refractivity contribution in [3.05, 3.63) is 12.2 Å². The second-order valence-electron chi connectivity index (χ2n) is 4.79. The number of allylic oxidation sites excluding steroid dienone is 1. The number of aliphatic carboxylic acids is 1. The first-order chi connectivity index (χ1) is 6.25. The largest absolute Gasteiger partial charge is 0.480 e. The van der Waals surface area contributed by atoms with Crippen molar-refractivity contribution in [2.24, 2.45) is 11.1 Å². The second kappa shape index (κ2) is 5.15. The topological polar surface area (TPSA) is 63.3 Å². The molecule has 1 unspecified atom stereocenters. The Balaban J connectivity index is 0.000000280. The lowest BCUT2D eigenvalue weighted by Crippen LogP contribution is -2.41. The molecule has 0 spiro atoms. The van der Waals surface area contributed by atoms with E-state index in [0.29, 0.717) is 0 Å². The maximum absolute atomic E-state index is 10.2. The van der Waals surface area contributed by atoms with E-state index in [1.165, 1.54) is 24.8 Å². The second-order valence-corrected chi connectivity index (χ2v) is 4.79. The molecular weight excluding hydrogens is 178 g/mol. The Morgan fingerprint density at radius 2 is 1.86 bits per heavy atom. The number of carbonyl (C=O) groups is 1. The van der Waals surface area contributed by atoms with Crippen LogP contribution in [0.15, 0.2) is 12.2 Å². The summed E-state index contributed by atoms with van der Waals surface area (Å²) in [6.45, 7) is 9.15. The zero-order chi connectivity index (χ0) is 11.4. The van der Waals surface area contributed by atoms with E-state index in [0.717, 1.165) is 0 Å². The number of hydrogen-bond acceptors (Lipinski definition) is 2. The van der Waals surface area contributed by atoms with Gasteiger partial charge in [-0.3, -0.25) is 4.79 Å². The lowest BCUT2D eigenvalue weighted by atomic mass is 9.88. The van der Waals surface area contributed by atoms with Gasteiger partial charge in [-0.15, -0.1) is 0 Å². The van der Waals surface area contributed by atoms with Crippen LogP contribution >= 0.6 is 0 Å². The van der Waals surface area contributed by atoms with E-state index in [2.05, 4.69) is 6.58 Å². The van der Waals surface area contributed by atoms with Crippen LogP contribution in [0.4, 0.5) is 0 Å². The minimum atomic E-state index is -0.942. The van der Waals surface area contributed by atoms with Gasteiger partial charge in [-0.2, -0.15) is 0 Å². The summed E-state index contributed by atoms with van der Waals surface area (Å²) in [5, 5.41) is 8.39. The van der Waals surface area contributed by atoms with Gasteiger partial charge < -0.3 is 10.8 Å². The van der Waals surface area contributed by atoms with Crippen molar-refractivity contribution in [2.45, 2.75) is 46.1 Å². The van der Waals surface area contributed by atoms with E-state index < -0.39 is 12.0 Å². The van der Waals surface area contributed by atoms with Crippen molar-refractivity contribution in [3.63, 3.8) is 0 Å². The Morgan fingerprint density at radius 3 is 1.86 bits per heavy atom. The predicted molar refractivity (Wildman–Crippen MR) is 58.1 cm³/mol. The Bertz CT molecular complexity index is 210. The molecule has 1 fully saturated rings. The number of carboxylic acid groups (broad SMARTS) is 1. The predicted octanol–water partition coefficient (Wildman–Crippen LogP) is 2.17. The fourth-order valence-corrected chi connectivity index (χ4v) is 0.797. The maximum Gasteiger partial charge on any atom is 0.321 e. The van der Waals surface area contributed by atoms with Crippen molar-refractivity contribution in [3.8, 4) is 0 Å². The SMILES string of the molecule is C=C1CCC1.CC(C)(C)C(N)C(=O)O. The van der Waals surface area contributed by atoms with Crippen LogP contribution in [-0.2, 0) is 4.79 Å². The summed E-state index contributed by atoms with van der Waals surface area (Å²) in [7, 11) is 0.